The van der Waals surface area contributed by atoms with Crippen LogP contribution >= 0.6 is 0 Å². The fourth-order valence-corrected chi connectivity index (χ4v) is 0.839. The summed E-state index contributed by atoms with van der Waals surface area (Å²) in [5, 5.41) is 8.53. The van der Waals surface area contributed by atoms with Gasteiger partial charge in [0.05, 0.1) is 11.4 Å². The van der Waals surface area contributed by atoms with Gasteiger partial charge < -0.3 is 16.6 Å². The molecule has 5 N–H and O–H groups in total. The van der Waals surface area contributed by atoms with Crippen molar-refractivity contribution in [2.75, 3.05) is 18.1 Å². The fraction of sp³-hybridized carbons (Fsp3) is 0.125. The monoisotopic (exact) mass is 166 g/mol. The van der Waals surface area contributed by atoms with Crippen molar-refractivity contribution >= 4 is 17.2 Å². The smallest absolute Gasteiger partial charge is 0.188 e. The Morgan fingerprint density at radius 1 is 1.33 bits per heavy atom. The Morgan fingerprint density at radius 3 is 2.50 bits per heavy atom. The summed E-state index contributed by atoms with van der Waals surface area (Å²) in [7, 11) is 0. The standard InChI is InChI=1S/C8H10N2O2/c9-6-2-1-5(3-7(6)10)8(12)4-11/h1-3,11H,4,9-10H2. The van der Waals surface area contributed by atoms with Gasteiger partial charge >= 0.3 is 0 Å². The highest BCUT2D eigenvalue weighted by Gasteiger charge is 2.04. The van der Waals surface area contributed by atoms with Crippen LogP contribution < -0.4 is 11.5 Å². The number of anilines is 2. The molecule has 0 amide bonds. The van der Waals surface area contributed by atoms with Crippen molar-refractivity contribution in [1.82, 2.24) is 0 Å². The molecule has 0 aliphatic carbocycles. The van der Waals surface area contributed by atoms with Crippen LogP contribution in [0.25, 0.3) is 0 Å². The second-order valence-electron chi connectivity index (χ2n) is 2.42. The molecule has 12 heavy (non-hydrogen) atoms. The molecule has 0 saturated carbocycles. The lowest BCUT2D eigenvalue weighted by molar-refractivity contribution is 0.0904. The predicted molar refractivity (Wildman–Crippen MR) is 46.7 cm³/mol. The second kappa shape index (κ2) is 3.23. The summed E-state index contributed by atoms with van der Waals surface area (Å²) in [5.41, 5.74) is 12.1. The molecule has 4 nitrogen and oxygen atoms in total. The zero-order valence-electron chi connectivity index (χ0n) is 6.45. The molecule has 0 aliphatic rings. The number of benzene rings is 1. The number of aliphatic hydroxyl groups excluding tert-OH is 1. The number of nitrogen functional groups attached to an aromatic ring is 2. The molecule has 1 rings (SSSR count). The van der Waals surface area contributed by atoms with E-state index in [2.05, 4.69) is 0 Å². The first-order valence-electron chi connectivity index (χ1n) is 3.44. The Labute approximate surface area is 69.8 Å². The maximum atomic E-state index is 10.9. The van der Waals surface area contributed by atoms with E-state index in [4.69, 9.17) is 16.6 Å². The third-order valence-corrected chi connectivity index (χ3v) is 1.55. The van der Waals surface area contributed by atoms with Gasteiger partial charge in [-0.15, -0.1) is 0 Å². The van der Waals surface area contributed by atoms with Crippen LogP contribution in [0.3, 0.4) is 0 Å². The molecule has 0 radical (unpaired) electrons. The molecule has 1 aromatic carbocycles. The van der Waals surface area contributed by atoms with Crippen LogP contribution in [0, 0.1) is 0 Å². The number of hydrogen-bond donors (Lipinski definition) is 3. The number of nitrogens with two attached hydrogens (primary N) is 2. The van der Waals surface area contributed by atoms with Crippen molar-refractivity contribution in [3.8, 4) is 0 Å². The largest absolute Gasteiger partial charge is 0.397 e. The van der Waals surface area contributed by atoms with Gasteiger partial charge in [0.1, 0.15) is 6.61 Å². The highest BCUT2D eigenvalue weighted by atomic mass is 16.3. The Morgan fingerprint density at radius 2 is 2.00 bits per heavy atom. The van der Waals surface area contributed by atoms with E-state index in [1.54, 1.807) is 0 Å². The maximum Gasteiger partial charge on any atom is 0.188 e. The summed E-state index contributed by atoms with van der Waals surface area (Å²) in [6.45, 7) is -0.511. The second-order valence-corrected chi connectivity index (χ2v) is 2.42. The number of rotatable bonds is 2. The summed E-state index contributed by atoms with van der Waals surface area (Å²) in [4.78, 5) is 10.9. The summed E-state index contributed by atoms with van der Waals surface area (Å²) in [5.74, 6) is -0.360. The average molecular weight is 166 g/mol. The van der Waals surface area contributed by atoms with Crippen LogP contribution in [0.5, 0.6) is 0 Å². The molecule has 0 bridgehead atoms. The van der Waals surface area contributed by atoms with Crippen molar-refractivity contribution in [3.05, 3.63) is 23.8 Å². The Balaban J connectivity index is 3.05. The molecule has 4 heteroatoms. The van der Waals surface area contributed by atoms with Gasteiger partial charge in [-0.1, -0.05) is 0 Å². The first-order valence-corrected chi connectivity index (χ1v) is 3.44. The van der Waals surface area contributed by atoms with Crippen molar-refractivity contribution < 1.29 is 9.90 Å². The van der Waals surface area contributed by atoms with Crippen molar-refractivity contribution in [2.45, 2.75) is 0 Å². The van der Waals surface area contributed by atoms with Gasteiger partial charge in [0.25, 0.3) is 0 Å². The van der Waals surface area contributed by atoms with E-state index in [9.17, 15) is 4.79 Å². The molecule has 0 fully saturated rings. The molecule has 0 aromatic heterocycles. The highest BCUT2D eigenvalue weighted by Crippen LogP contribution is 2.15. The molecule has 0 spiro atoms. The zero-order chi connectivity index (χ0) is 9.14. The third kappa shape index (κ3) is 1.54. The molecule has 0 heterocycles. The van der Waals surface area contributed by atoms with Gasteiger partial charge in [0.15, 0.2) is 5.78 Å². The Bertz CT molecular complexity index is 310. The lowest BCUT2D eigenvalue weighted by Gasteiger charge is -2.01. The minimum atomic E-state index is -0.511. The van der Waals surface area contributed by atoms with Crippen LogP contribution in [0.4, 0.5) is 11.4 Å². The summed E-state index contributed by atoms with van der Waals surface area (Å²) >= 11 is 0. The topological polar surface area (TPSA) is 89.3 Å². The predicted octanol–water partition coefficient (Wildman–Crippen LogP) is 0.0260. The molecule has 0 aliphatic heterocycles. The summed E-state index contributed by atoms with van der Waals surface area (Å²) < 4.78 is 0. The minimum absolute atomic E-state index is 0.356. The lowest BCUT2D eigenvalue weighted by atomic mass is 10.1. The molecule has 1 aromatic rings. The van der Waals surface area contributed by atoms with E-state index < -0.39 is 6.61 Å². The first kappa shape index (κ1) is 8.55. The molecular formula is C8H10N2O2. The quantitative estimate of drug-likeness (QED) is 0.427. The number of Topliss-reactive ketones (excluding diaryl/α,β-unsaturated/α-hetero) is 1. The minimum Gasteiger partial charge on any atom is -0.397 e. The van der Waals surface area contributed by atoms with Crippen LogP contribution in [0.1, 0.15) is 10.4 Å². The highest BCUT2D eigenvalue weighted by molar-refractivity contribution is 5.98. The molecule has 64 valence electrons. The molecule has 0 saturated heterocycles. The summed E-state index contributed by atoms with van der Waals surface area (Å²) in [6.07, 6.45) is 0. The van der Waals surface area contributed by atoms with Gasteiger partial charge in [0.2, 0.25) is 0 Å². The first-order chi connectivity index (χ1) is 5.65. The number of ketones is 1. The van der Waals surface area contributed by atoms with Gasteiger partial charge in [0, 0.05) is 5.56 Å². The lowest BCUT2D eigenvalue weighted by Crippen LogP contribution is -2.05. The Hall–Kier alpha value is -1.55. The Kier molecular flexibility index (Phi) is 2.30. The van der Waals surface area contributed by atoms with E-state index in [0.29, 0.717) is 16.9 Å². The zero-order valence-corrected chi connectivity index (χ0v) is 6.45. The van der Waals surface area contributed by atoms with Crippen LogP contribution in [0.2, 0.25) is 0 Å². The van der Waals surface area contributed by atoms with E-state index in [0.717, 1.165) is 0 Å². The molecule has 0 unspecified atom stereocenters. The van der Waals surface area contributed by atoms with Crippen molar-refractivity contribution in [1.29, 1.82) is 0 Å². The van der Waals surface area contributed by atoms with Crippen LogP contribution in [-0.4, -0.2) is 17.5 Å². The number of carbonyl (C=O) groups is 1. The van der Waals surface area contributed by atoms with Gasteiger partial charge in [-0.25, -0.2) is 0 Å². The number of hydrogen-bond acceptors (Lipinski definition) is 4. The third-order valence-electron chi connectivity index (χ3n) is 1.55. The fourth-order valence-electron chi connectivity index (χ4n) is 0.839. The van der Waals surface area contributed by atoms with Gasteiger partial charge in [-0.2, -0.15) is 0 Å². The average Bonchev–Trinajstić information content (AvgIpc) is 2.08. The number of aliphatic hydroxyl groups is 1. The normalized spacial score (nSPS) is 9.75. The molecule has 0 atom stereocenters. The van der Waals surface area contributed by atoms with E-state index >= 15 is 0 Å². The van der Waals surface area contributed by atoms with E-state index in [1.807, 2.05) is 0 Å². The SMILES string of the molecule is Nc1ccc(C(=O)CO)cc1N. The van der Waals surface area contributed by atoms with Gasteiger partial charge in [-0.05, 0) is 18.2 Å². The van der Waals surface area contributed by atoms with Crippen molar-refractivity contribution in [2.24, 2.45) is 0 Å². The number of carbonyl (C=O) groups excluding carboxylic acids is 1. The van der Waals surface area contributed by atoms with Crippen LogP contribution in [-0.2, 0) is 0 Å². The van der Waals surface area contributed by atoms with E-state index in [-0.39, 0.29) is 5.78 Å². The van der Waals surface area contributed by atoms with Gasteiger partial charge in [-0.3, -0.25) is 4.79 Å². The molecular weight excluding hydrogens is 156 g/mol. The van der Waals surface area contributed by atoms with Crippen molar-refractivity contribution in [3.63, 3.8) is 0 Å². The summed E-state index contributed by atoms with van der Waals surface area (Å²) in [6, 6.07) is 4.52. The van der Waals surface area contributed by atoms with Crippen LogP contribution in [0.15, 0.2) is 18.2 Å². The maximum absolute atomic E-state index is 10.9. The van der Waals surface area contributed by atoms with E-state index in [1.165, 1.54) is 18.2 Å².